The molecule has 6 nitrogen and oxygen atoms in total. The van der Waals surface area contributed by atoms with Crippen molar-refractivity contribution in [1.82, 2.24) is 10.2 Å². The van der Waals surface area contributed by atoms with E-state index in [1.165, 1.54) is 12.1 Å². The lowest BCUT2D eigenvalue weighted by atomic mass is 9.97. The second-order valence-corrected chi connectivity index (χ2v) is 5.90. The fourth-order valence-corrected chi connectivity index (χ4v) is 2.68. The van der Waals surface area contributed by atoms with Crippen LogP contribution in [0.4, 0.5) is 9.18 Å². The molecule has 1 fully saturated rings. The van der Waals surface area contributed by atoms with Crippen molar-refractivity contribution in [2.75, 3.05) is 32.8 Å². The number of benzene rings is 1. The smallest absolute Gasteiger partial charge is 0.317 e. The van der Waals surface area contributed by atoms with Gasteiger partial charge in [-0.15, -0.1) is 0 Å². The van der Waals surface area contributed by atoms with Gasteiger partial charge in [-0.1, -0.05) is 0 Å². The zero-order valence-electron chi connectivity index (χ0n) is 14.5. The summed E-state index contributed by atoms with van der Waals surface area (Å²) in [7, 11) is 0. The summed E-state index contributed by atoms with van der Waals surface area (Å²) < 4.78 is 23.3. The van der Waals surface area contributed by atoms with Gasteiger partial charge < -0.3 is 19.7 Å². The molecule has 0 unspecified atom stereocenters. The maximum absolute atomic E-state index is 12.8. The lowest BCUT2D eigenvalue weighted by molar-refractivity contribution is -0.149. The van der Waals surface area contributed by atoms with Crippen LogP contribution in [0.2, 0.25) is 0 Å². The van der Waals surface area contributed by atoms with E-state index in [1.807, 2.05) is 0 Å². The maximum atomic E-state index is 12.8. The molecule has 1 heterocycles. The average Bonchev–Trinajstić information content (AvgIpc) is 2.63. The molecule has 25 heavy (non-hydrogen) atoms. The molecular weight excluding hydrogens is 327 g/mol. The Morgan fingerprint density at radius 1 is 1.24 bits per heavy atom. The SMILES string of the molecule is CCOC(=O)C1CCN(C(=O)NCCCOc2ccc(F)cc2)CC1. The van der Waals surface area contributed by atoms with Crippen LogP contribution in [0.1, 0.15) is 26.2 Å². The van der Waals surface area contributed by atoms with E-state index in [4.69, 9.17) is 9.47 Å². The third-order valence-corrected chi connectivity index (χ3v) is 4.08. The van der Waals surface area contributed by atoms with Gasteiger partial charge in [-0.05, 0) is 50.5 Å². The number of hydrogen-bond acceptors (Lipinski definition) is 4. The van der Waals surface area contributed by atoms with Crippen molar-refractivity contribution in [2.45, 2.75) is 26.2 Å². The molecule has 1 N–H and O–H groups in total. The minimum absolute atomic E-state index is 0.104. The topological polar surface area (TPSA) is 67.9 Å². The first-order valence-electron chi connectivity index (χ1n) is 8.68. The Kier molecular flexibility index (Phi) is 7.50. The molecule has 1 saturated heterocycles. The van der Waals surface area contributed by atoms with Gasteiger partial charge in [0.2, 0.25) is 0 Å². The molecule has 0 bridgehead atoms. The Morgan fingerprint density at radius 2 is 1.92 bits per heavy atom. The van der Waals surface area contributed by atoms with Gasteiger partial charge in [0.05, 0.1) is 19.1 Å². The monoisotopic (exact) mass is 352 g/mol. The minimum atomic E-state index is -0.300. The zero-order valence-corrected chi connectivity index (χ0v) is 14.5. The van der Waals surface area contributed by atoms with Gasteiger partial charge in [0.15, 0.2) is 0 Å². The van der Waals surface area contributed by atoms with Crippen molar-refractivity contribution in [1.29, 1.82) is 0 Å². The third kappa shape index (κ3) is 6.25. The van der Waals surface area contributed by atoms with Crippen molar-refractivity contribution in [2.24, 2.45) is 5.92 Å². The van der Waals surface area contributed by atoms with Crippen molar-refractivity contribution in [3.63, 3.8) is 0 Å². The van der Waals surface area contributed by atoms with Gasteiger partial charge in [-0.25, -0.2) is 9.18 Å². The summed E-state index contributed by atoms with van der Waals surface area (Å²) in [5.41, 5.74) is 0. The van der Waals surface area contributed by atoms with E-state index < -0.39 is 0 Å². The molecule has 0 spiro atoms. The maximum Gasteiger partial charge on any atom is 0.317 e. The summed E-state index contributed by atoms with van der Waals surface area (Å²) >= 11 is 0. The number of amides is 2. The zero-order chi connectivity index (χ0) is 18.1. The standard InChI is InChI=1S/C18H25FN2O4/c1-2-24-17(22)14-8-11-21(12-9-14)18(23)20-10-3-13-25-16-6-4-15(19)5-7-16/h4-7,14H,2-3,8-13H2,1H3,(H,20,23). The van der Waals surface area contributed by atoms with Crippen molar-refractivity contribution < 1.29 is 23.5 Å². The Balaban J connectivity index is 1.58. The predicted octanol–water partition coefficient (Wildman–Crippen LogP) is 2.58. The van der Waals surface area contributed by atoms with Crippen molar-refractivity contribution in [3.05, 3.63) is 30.1 Å². The van der Waals surface area contributed by atoms with E-state index in [1.54, 1.807) is 24.0 Å². The van der Waals surface area contributed by atoms with Crippen LogP contribution < -0.4 is 10.1 Å². The third-order valence-electron chi connectivity index (χ3n) is 4.08. The Labute approximate surface area is 147 Å². The van der Waals surface area contributed by atoms with E-state index in [0.29, 0.717) is 57.9 Å². The molecule has 1 aliphatic heterocycles. The number of halogens is 1. The number of ether oxygens (including phenoxy) is 2. The van der Waals surface area contributed by atoms with Crippen LogP contribution >= 0.6 is 0 Å². The van der Waals surface area contributed by atoms with E-state index in [-0.39, 0.29) is 23.7 Å². The largest absolute Gasteiger partial charge is 0.494 e. The van der Waals surface area contributed by atoms with Crippen LogP contribution in [0.25, 0.3) is 0 Å². The number of nitrogens with zero attached hydrogens (tertiary/aromatic N) is 1. The molecule has 2 rings (SSSR count). The van der Waals surface area contributed by atoms with Crippen LogP contribution in [0, 0.1) is 11.7 Å². The van der Waals surface area contributed by atoms with Crippen molar-refractivity contribution >= 4 is 12.0 Å². The molecule has 138 valence electrons. The number of hydrogen-bond donors (Lipinski definition) is 1. The first-order chi connectivity index (χ1) is 12.1. The fraction of sp³-hybridized carbons (Fsp3) is 0.556. The van der Waals surface area contributed by atoms with E-state index in [0.717, 1.165) is 0 Å². The molecule has 0 aliphatic carbocycles. The quantitative estimate of drug-likeness (QED) is 0.605. The number of likely N-dealkylation sites (tertiary alicyclic amines) is 1. The lowest BCUT2D eigenvalue weighted by Gasteiger charge is -2.30. The number of nitrogens with one attached hydrogen (secondary N) is 1. The van der Waals surface area contributed by atoms with Gasteiger partial charge in [0.1, 0.15) is 11.6 Å². The normalized spacial score (nSPS) is 14.9. The van der Waals surface area contributed by atoms with Gasteiger partial charge in [-0.2, -0.15) is 0 Å². The van der Waals surface area contributed by atoms with Crippen LogP contribution in [0.15, 0.2) is 24.3 Å². The Morgan fingerprint density at radius 3 is 2.56 bits per heavy atom. The molecule has 0 atom stereocenters. The summed E-state index contributed by atoms with van der Waals surface area (Å²) in [5, 5.41) is 2.85. The summed E-state index contributed by atoms with van der Waals surface area (Å²) in [6.07, 6.45) is 1.93. The molecule has 0 aromatic heterocycles. The summed E-state index contributed by atoms with van der Waals surface area (Å²) in [5.74, 6) is 0.0358. The second-order valence-electron chi connectivity index (χ2n) is 5.90. The number of carbonyl (C=O) groups excluding carboxylic acids is 2. The Bertz CT molecular complexity index is 557. The molecule has 1 aromatic rings. The van der Waals surface area contributed by atoms with Crippen LogP contribution in [0.3, 0.4) is 0 Å². The molecule has 1 aromatic carbocycles. The summed E-state index contributed by atoms with van der Waals surface area (Å²) in [6, 6.07) is 5.71. The molecular formula is C18H25FN2O4. The molecule has 2 amide bonds. The summed E-state index contributed by atoms with van der Waals surface area (Å²) in [4.78, 5) is 25.5. The minimum Gasteiger partial charge on any atom is -0.494 e. The number of rotatable bonds is 7. The highest BCUT2D eigenvalue weighted by Gasteiger charge is 2.27. The van der Waals surface area contributed by atoms with Crippen LogP contribution in [-0.4, -0.2) is 49.7 Å². The number of piperidine rings is 1. The van der Waals surface area contributed by atoms with E-state index in [2.05, 4.69) is 5.32 Å². The first-order valence-corrected chi connectivity index (χ1v) is 8.68. The predicted molar refractivity (Wildman–Crippen MR) is 90.8 cm³/mol. The Hall–Kier alpha value is -2.31. The highest BCUT2D eigenvalue weighted by atomic mass is 19.1. The molecule has 0 saturated carbocycles. The van der Waals surface area contributed by atoms with Gasteiger partial charge >= 0.3 is 12.0 Å². The first kappa shape index (κ1) is 19.0. The fourth-order valence-electron chi connectivity index (χ4n) is 2.68. The highest BCUT2D eigenvalue weighted by Crippen LogP contribution is 2.18. The van der Waals surface area contributed by atoms with E-state index in [9.17, 15) is 14.0 Å². The molecule has 1 aliphatic rings. The van der Waals surface area contributed by atoms with Crippen LogP contribution in [0.5, 0.6) is 5.75 Å². The van der Waals surface area contributed by atoms with Gasteiger partial charge in [-0.3, -0.25) is 4.79 Å². The molecule has 7 heteroatoms. The van der Waals surface area contributed by atoms with E-state index >= 15 is 0 Å². The van der Waals surface area contributed by atoms with Crippen molar-refractivity contribution in [3.8, 4) is 5.75 Å². The lowest BCUT2D eigenvalue weighted by Crippen LogP contribution is -2.46. The number of carbonyl (C=O) groups is 2. The number of esters is 1. The van der Waals surface area contributed by atoms with Gasteiger partial charge in [0.25, 0.3) is 0 Å². The molecule has 0 radical (unpaired) electrons. The highest BCUT2D eigenvalue weighted by molar-refractivity contribution is 5.76. The second kappa shape index (κ2) is 9.86. The number of urea groups is 1. The summed E-state index contributed by atoms with van der Waals surface area (Å²) in [6.45, 7) is 4.23. The average molecular weight is 352 g/mol. The van der Waals surface area contributed by atoms with Crippen LogP contribution in [-0.2, 0) is 9.53 Å². The van der Waals surface area contributed by atoms with Gasteiger partial charge in [0, 0.05) is 19.6 Å².